The number of hydrogen-bond donors (Lipinski definition) is 1. The lowest BCUT2D eigenvalue weighted by atomic mass is 10.1. The molecular formula is C20H18N2O2. The van der Waals surface area contributed by atoms with Crippen LogP contribution in [0.4, 0.5) is 11.4 Å². The maximum absolute atomic E-state index is 11.8. The number of anilines is 2. The highest BCUT2D eigenvalue weighted by atomic mass is 16.5. The zero-order valence-corrected chi connectivity index (χ0v) is 13.5. The molecule has 0 atom stereocenters. The Hall–Kier alpha value is -2.88. The molecule has 24 heavy (non-hydrogen) atoms. The number of fused-ring (bicyclic) bond motifs is 2. The van der Waals surface area contributed by atoms with Gasteiger partial charge in [0.2, 0.25) is 0 Å². The number of para-hydroxylation sites is 1. The number of ether oxygens (including phenoxy) is 1. The summed E-state index contributed by atoms with van der Waals surface area (Å²) in [7, 11) is 1.39. The summed E-state index contributed by atoms with van der Waals surface area (Å²) in [5.41, 5.74) is 6.00. The molecule has 0 aliphatic heterocycles. The van der Waals surface area contributed by atoms with E-state index in [2.05, 4.69) is 11.4 Å². The van der Waals surface area contributed by atoms with E-state index in [1.165, 1.54) is 18.4 Å². The summed E-state index contributed by atoms with van der Waals surface area (Å²) in [5, 5.41) is 4.63. The number of pyridine rings is 1. The van der Waals surface area contributed by atoms with E-state index in [0.29, 0.717) is 5.56 Å². The molecule has 1 heterocycles. The quantitative estimate of drug-likeness (QED) is 0.733. The van der Waals surface area contributed by atoms with E-state index in [9.17, 15) is 4.79 Å². The van der Waals surface area contributed by atoms with Gasteiger partial charge in [0.1, 0.15) is 0 Å². The Morgan fingerprint density at radius 3 is 2.88 bits per heavy atom. The number of rotatable bonds is 3. The molecule has 0 amide bonds. The largest absolute Gasteiger partial charge is 0.465 e. The van der Waals surface area contributed by atoms with Crippen LogP contribution in [0.1, 0.15) is 28.0 Å². The van der Waals surface area contributed by atoms with E-state index in [0.717, 1.165) is 41.5 Å². The third kappa shape index (κ3) is 2.50. The summed E-state index contributed by atoms with van der Waals surface area (Å²) in [6.45, 7) is 0. The Morgan fingerprint density at radius 2 is 2.00 bits per heavy atom. The second-order valence-corrected chi connectivity index (χ2v) is 5.98. The zero-order valence-electron chi connectivity index (χ0n) is 13.5. The van der Waals surface area contributed by atoms with Crippen molar-refractivity contribution in [2.24, 2.45) is 0 Å². The second kappa shape index (κ2) is 5.96. The number of carbonyl (C=O) groups is 1. The van der Waals surface area contributed by atoms with Gasteiger partial charge in [0.05, 0.1) is 23.9 Å². The third-order valence-corrected chi connectivity index (χ3v) is 4.47. The lowest BCUT2D eigenvalue weighted by Gasteiger charge is -2.15. The predicted molar refractivity (Wildman–Crippen MR) is 94.8 cm³/mol. The van der Waals surface area contributed by atoms with Crippen LogP contribution in [0.25, 0.3) is 10.9 Å². The fourth-order valence-electron chi connectivity index (χ4n) is 3.34. The summed E-state index contributed by atoms with van der Waals surface area (Å²) >= 11 is 0. The topological polar surface area (TPSA) is 51.2 Å². The number of methoxy groups -OCH3 is 1. The van der Waals surface area contributed by atoms with Gasteiger partial charge in [0, 0.05) is 16.8 Å². The number of nitrogens with zero attached hydrogens (tertiary/aromatic N) is 1. The average molecular weight is 318 g/mol. The van der Waals surface area contributed by atoms with Gasteiger partial charge >= 0.3 is 5.97 Å². The van der Waals surface area contributed by atoms with Gasteiger partial charge in [-0.05, 0) is 49.1 Å². The molecule has 0 radical (unpaired) electrons. The van der Waals surface area contributed by atoms with Gasteiger partial charge in [-0.25, -0.2) is 4.79 Å². The molecule has 120 valence electrons. The fraction of sp³-hybridized carbons (Fsp3) is 0.200. The minimum Gasteiger partial charge on any atom is -0.465 e. The van der Waals surface area contributed by atoms with Crippen molar-refractivity contribution in [3.05, 3.63) is 65.4 Å². The van der Waals surface area contributed by atoms with Crippen LogP contribution in [0.5, 0.6) is 0 Å². The number of carbonyl (C=O) groups excluding carboxylic acids is 1. The maximum atomic E-state index is 11.8. The van der Waals surface area contributed by atoms with Crippen molar-refractivity contribution in [1.82, 2.24) is 4.98 Å². The van der Waals surface area contributed by atoms with Gasteiger partial charge in [-0.2, -0.15) is 0 Å². The second-order valence-electron chi connectivity index (χ2n) is 5.98. The van der Waals surface area contributed by atoms with E-state index >= 15 is 0 Å². The Bertz CT molecular complexity index is 934. The molecule has 4 rings (SSSR count). The summed E-state index contributed by atoms with van der Waals surface area (Å²) in [6, 6.07) is 15.6. The molecule has 0 saturated carbocycles. The fourth-order valence-corrected chi connectivity index (χ4v) is 3.34. The molecule has 0 saturated heterocycles. The molecule has 4 heteroatoms. The molecule has 0 spiro atoms. The summed E-state index contributed by atoms with van der Waals surface area (Å²) < 4.78 is 4.81. The van der Waals surface area contributed by atoms with Crippen molar-refractivity contribution in [1.29, 1.82) is 0 Å². The number of esters is 1. The molecule has 1 N–H and O–H groups in total. The van der Waals surface area contributed by atoms with Crippen molar-refractivity contribution in [2.75, 3.05) is 12.4 Å². The van der Waals surface area contributed by atoms with Crippen LogP contribution < -0.4 is 5.32 Å². The number of benzene rings is 2. The molecule has 1 aliphatic carbocycles. The Morgan fingerprint density at radius 1 is 1.12 bits per heavy atom. The summed E-state index contributed by atoms with van der Waals surface area (Å²) in [4.78, 5) is 16.6. The van der Waals surface area contributed by atoms with Crippen LogP contribution in [0.15, 0.2) is 48.5 Å². The molecule has 1 aliphatic rings. The molecule has 0 unspecified atom stereocenters. The van der Waals surface area contributed by atoms with E-state index in [4.69, 9.17) is 9.72 Å². The van der Waals surface area contributed by atoms with Crippen LogP contribution in [0.2, 0.25) is 0 Å². The lowest BCUT2D eigenvalue weighted by Crippen LogP contribution is -2.03. The minimum atomic E-state index is -0.330. The van der Waals surface area contributed by atoms with Gasteiger partial charge in [-0.3, -0.25) is 4.98 Å². The van der Waals surface area contributed by atoms with Crippen molar-refractivity contribution in [2.45, 2.75) is 19.3 Å². The molecule has 1 aromatic heterocycles. The molecule has 0 fully saturated rings. The highest BCUT2D eigenvalue weighted by molar-refractivity contribution is 5.96. The van der Waals surface area contributed by atoms with Crippen molar-refractivity contribution < 1.29 is 9.53 Å². The third-order valence-electron chi connectivity index (χ3n) is 4.47. The van der Waals surface area contributed by atoms with Gasteiger partial charge in [-0.1, -0.05) is 24.3 Å². The Balaban J connectivity index is 1.81. The molecular weight excluding hydrogens is 300 g/mol. The van der Waals surface area contributed by atoms with E-state index in [1.54, 1.807) is 6.07 Å². The minimum absolute atomic E-state index is 0.330. The molecule has 0 bridgehead atoms. The van der Waals surface area contributed by atoms with Crippen LogP contribution in [0, 0.1) is 0 Å². The zero-order chi connectivity index (χ0) is 16.5. The first-order chi connectivity index (χ1) is 11.8. The summed E-state index contributed by atoms with van der Waals surface area (Å²) in [5.74, 6) is -0.330. The average Bonchev–Trinajstić information content (AvgIpc) is 3.09. The van der Waals surface area contributed by atoms with E-state index in [-0.39, 0.29) is 5.97 Å². The van der Waals surface area contributed by atoms with Crippen LogP contribution in [0.3, 0.4) is 0 Å². The normalized spacial score (nSPS) is 12.9. The number of aromatic nitrogens is 1. The summed E-state index contributed by atoms with van der Waals surface area (Å²) in [6.07, 6.45) is 3.19. The predicted octanol–water partition coefficient (Wildman–Crippen LogP) is 4.25. The first kappa shape index (κ1) is 14.7. The maximum Gasteiger partial charge on any atom is 0.337 e. The van der Waals surface area contributed by atoms with Crippen LogP contribution in [-0.2, 0) is 17.6 Å². The van der Waals surface area contributed by atoms with E-state index < -0.39 is 0 Å². The number of hydrogen-bond acceptors (Lipinski definition) is 4. The first-order valence-electron chi connectivity index (χ1n) is 8.12. The van der Waals surface area contributed by atoms with Gasteiger partial charge in [-0.15, -0.1) is 0 Å². The molecule has 3 aromatic rings. The van der Waals surface area contributed by atoms with Crippen LogP contribution in [-0.4, -0.2) is 18.1 Å². The lowest BCUT2D eigenvalue weighted by molar-refractivity contribution is 0.0601. The molecule has 4 nitrogen and oxygen atoms in total. The van der Waals surface area contributed by atoms with Gasteiger partial charge in [0.15, 0.2) is 0 Å². The monoisotopic (exact) mass is 318 g/mol. The first-order valence-corrected chi connectivity index (χ1v) is 8.12. The highest BCUT2D eigenvalue weighted by Gasteiger charge is 2.19. The molecule has 2 aromatic carbocycles. The SMILES string of the molecule is COC(=O)c1cccc(Nc2c3c(nc4ccccc24)CCC3)c1. The van der Waals surface area contributed by atoms with Gasteiger partial charge in [0.25, 0.3) is 0 Å². The smallest absolute Gasteiger partial charge is 0.337 e. The van der Waals surface area contributed by atoms with Crippen molar-refractivity contribution in [3.63, 3.8) is 0 Å². The number of nitrogens with one attached hydrogen (secondary N) is 1. The Labute approximate surface area is 140 Å². The van der Waals surface area contributed by atoms with Crippen molar-refractivity contribution >= 4 is 28.2 Å². The van der Waals surface area contributed by atoms with E-state index in [1.807, 2.05) is 36.4 Å². The van der Waals surface area contributed by atoms with Gasteiger partial charge < -0.3 is 10.1 Å². The van der Waals surface area contributed by atoms with Crippen LogP contribution >= 0.6 is 0 Å². The Kier molecular flexibility index (Phi) is 3.65. The highest BCUT2D eigenvalue weighted by Crippen LogP contribution is 2.35. The van der Waals surface area contributed by atoms with Crippen molar-refractivity contribution in [3.8, 4) is 0 Å². The standard InChI is InChI=1S/C20H18N2O2/c1-24-20(23)13-6-4-7-14(12-13)21-19-15-8-2-3-10-17(15)22-18-11-5-9-16(18)19/h2-4,6-8,10,12H,5,9,11H2,1H3,(H,21,22). The number of aryl methyl sites for hydroxylation is 1.